The Morgan fingerprint density at radius 3 is 2.15 bits per heavy atom. The van der Waals surface area contributed by atoms with Crippen LogP contribution in [0.15, 0.2) is 54.6 Å². The maximum Gasteiger partial charge on any atom is 0.314 e. The lowest BCUT2D eigenvalue weighted by Gasteiger charge is -2.26. The van der Waals surface area contributed by atoms with Crippen LogP contribution in [-0.2, 0) is 4.79 Å². The van der Waals surface area contributed by atoms with Crippen LogP contribution in [-0.4, -0.2) is 5.97 Å². The molecule has 1 saturated carbocycles. The van der Waals surface area contributed by atoms with Gasteiger partial charge in [-0.2, -0.15) is 0 Å². The molecule has 1 aliphatic carbocycles. The fourth-order valence-electron chi connectivity index (χ4n) is 3.57. The zero-order valence-electron chi connectivity index (χ0n) is 15.4. The first-order valence-electron chi connectivity index (χ1n) is 9.63. The Hall–Kier alpha value is -2.53. The van der Waals surface area contributed by atoms with E-state index < -0.39 is 0 Å². The van der Waals surface area contributed by atoms with E-state index in [1.165, 1.54) is 12.8 Å². The maximum absolute atomic E-state index is 12.4. The van der Waals surface area contributed by atoms with E-state index >= 15 is 0 Å². The quantitative estimate of drug-likeness (QED) is 0.409. The molecule has 3 rings (SSSR count). The van der Waals surface area contributed by atoms with Crippen LogP contribution in [0.4, 0.5) is 0 Å². The first-order chi connectivity index (χ1) is 12.7. The molecule has 1 fully saturated rings. The molecule has 0 heterocycles. The van der Waals surface area contributed by atoms with E-state index in [4.69, 9.17) is 4.74 Å². The van der Waals surface area contributed by atoms with Crippen molar-refractivity contribution in [3.63, 3.8) is 0 Å². The number of hydrogen-bond acceptors (Lipinski definition) is 2. The third kappa shape index (κ3) is 5.23. The van der Waals surface area contributed by atoms with Crippen LogP contribution in [0.5, 0.6) is 5.75 Å². The normalized spacial score (nSPS) is 19.3. The van der Waals surface area contributed by atoms with Gasteiger partial charge in [-0.15, -0.1) is 0 Å². The molecule has 2 nitrogen and oxygen atoms in total. The van der Waals surface area contributed by atoms with E-state index in [1.54, 1.807) is 0 Å². The van der Waals surface area contributed by atoms with Gasteiger partial charge < -0.3 is 4.74 Å². The molecule has 0 N–H and O–H groups in total. The Labute approximate surface area is 156 Å². The summed E-state index contributed by atoms with van der Waals surface area (Å²) >= 11 is 0. The third-order valence-electron chi connectivity index (χ3n) is 5.07. The van der Waals surface area contributed by atoms with Gasteiger partial charge in [-0.05, 0) is 68.0 Å². The highest BCUT2D eigenvalue weighted by atomic mass is 16.5. The van der Waals surface area contributed by atoms with Gasteiger partial charge in [-0.25, -0.2) is 0 Å². The minimum Gasteiger partial charge on any atom is -0.426 e. The van der Waals surface area contributed by atoms with Crippen molar-refractivity contribution in [2.45, 2.75) is 45.4 Å². The molecular formula is C24H26O2. The first kappa shape index (κ1) is 18.3. The van der Waals surface area contributed by atoms with Gasteiger partial charge in [0.05, 0.1) is 5.92 Å². The summed E-state index contributed by atoms with van der Waals surface area (Å²) in [5.74, 6) is 7.64. The Balaban J connectivity index is 1.53. The molecule has 26 heavy (non-hydrogen) atoms. The topological polar surface area (TPSA) is 26.3 Å². The summed E-state index contributed by atoms with van der Waals surface area (Å²) in [4.78, 5) is 12.4. The zero-order valence-corrected chi connectivity index (χ0v) is 15.4. The van der Waals surface area contributed by atoms with E-state index in [-0.39, 0.29) is 11.9 Å². The standard InChI is InChI=1S/C24H26O2/c1-2-6-19-11-15-22(16-12-19)24(25)26-23-17-13-21(14-18-23)10-9-20-7-4-3-5-8-20/h3-5,7-8,13-14,17-19,22H,2,6,11-12,15-16H2,1H3. The molecule has 0 atom stereocenters. The van der Waals surface area contributed by atoms with Gasteiger partial charge in [0.2, 0.25) is 0 Å². The maximum atomic E-state index is 12.4. The van der Waals surface area contributed by atoms with Crippen molar-refractivity contribution in [1.82, 2.24) is 0 Å². The van der Waals surface area contributed by atoms with Crippen molar-refractivity contribution in [3.05, 3.63) is 65.7 Å². The van der Waals surface area contributed by atoms with E-state index in [0.29, 0.717) is 5.75 Å². The molecule has 0 aliphatic heterocycles. The summed E-state index contributed by atoms with van der Waals surface area (Å²) in [5.41, 5.74) is 1.90. The SMILES string of the molecule is CCCC1CCC(C(=O)Oc2ccc(C#Cc3ccccc3)cc2)CC1. The smallest absolute Gasteiger partial charge is 0.314 e. The minimum atomic E-state index is -0.0805. The van der Waals surface area contributed by atoms with Crippen LogP contribution >= 0.6 is 0 Å². The van der Waals surface area contributed by atoms with E-state index in [0.717, 1.165) is 42.7 Å². The Morgan fingerprint density at radius 2 is 1.54 bits per heavy atom. The van der Waals surface area contributed by atoms with Gasteiger partial charge in [-0.3, -0.25) is 4.79 Å². The molecular weight excluding hydrogens is 320 g/mol. The largest absolute Gasteiger partial charge is 0.426 e. The number of esters is 1. The predicted octanol–water partition coefficient (Wildman–Crippen LogP) is 5.60. The number of ether oxygens (including phenoxy) is 1. The van der Waals surface area contributed by atoms with Crippen molar-refractivity contribution in [3.8, 4) is 17.6 Å². The van der Waals surface area contributed by atoms with Gasteiger partial charge in [0.15, 0.2) is 0 Å². The monoisotopic (exact) mass is 346 g/mol. The lowest BCUT2D eigenvalue weighted by molar-refractivity contribution is -0.140. The first-order valence-corrected chi connectivity index (χ1v) is 9.63. The second-order valence-electron chi connectivity index (χ2n) is 7.07. The van der Waals surface area contributed by atoms with Crippen molar-refractivity contribution >= 4 is 5.97 Å². The van der Waals surface area contributed by atoms with E-state index in [9.17, 15) is 4.79 Å². The fourth-order valence-corrected chi connectivity index (χ4v) is 3.57. The molecule has 0 saturated heterocycles. The van der Waals surface area contributed by atoms with Crippen LogP contribution in [0.3, 0.4) is 0 Å². The summed E-state index contributed by atoms with van der Waals surface area (Å²) in [7, 11) is 0. The summed E-state index contributed by atoms with van der Waals surface area (Å²) in [6.45, 7) is 2.23. The van der Waals surface area contributed by atoms with Crippen LogP contribution in [0.1, 0.15) is 56.6 Å². The van der Waals surface area contributed by atoms with Crippen molar-refractivity contribution in [2.75, 3.05) is 0 Å². The van der Waals surface area contributed by atoms with Crippen LogP contribution in [0.2, 0.25) is 0 Å². The van der Waals surface area contributed by atoms with Crippen molar-refractivity contribution in [1.29, 1.82) is 0 Å². The summed E-state index contributed by atoms with van der Waals surface area (Å²) in [5, 5.41) is 0. The number of hydrogen-bond donors (Lipinski definition) is 0. The van der Waals surface area contributed by atoms with Crippen molar-refractivity contribution in [2.24, 2.45) is 11.8 Å². The average Bonchev–Trinajstić information content (AvgIpc) is 2.69. The average molecular weight is 346 g/mol. The fraction of sp³-hybridized carbons (Fsp3) is 0.375. The van der Waals surface area contributed by atoms with Crippen LogP contribution in [0, 0.1) is 23.7 Å². The van der Waals surface area contributed by atoms with Gasteiger partial charge in [-0.1, -0.05) is 49.8 Å². The molecule has 2 heteroatoms. The Bertz CT molecular complexity index is 757. The Kier molecular flexibility index (Phi) is 6.50. The number of benzene rings is 2. The van der Waals surface area contributed by atoms with E-state index in [1.807, 2.05) is 54.6 Å². The highest BCUT2D eigenvalue weighted by Gasteiger charge is 2.27. The van der Waals surface area contributed by atoms with Crippen LogP contribution in [0.25, 0.3) is 0 Å². The van der Waals surface area contributed by atoms with Gasteiger partial charge in [0.25, 0.3) is 0 Å². The minimum absolute atomic E-state index is 0.0562. The van der Waals surface area contributed by atoms with Crippen LogP contribution < -0.4 is 4.74 Å². The second kappa shape index (κ2) is 9.25. The summed E-state index contributed by atoms with van der Waals surface area (Å²) in [6.07, 6.45) is 6.75. The van der Waals surface area contributed by atoms with E-state index in [2.05, 4.69) is 18.8 Å². The third-order valence-corrected chi connectivity index (χ3v) is 5.07. The zero-order chi connectivity index (χ0) is 18.2. The molecule has 134 valence electrons. The molecule has 0 aromatic heterocycles. The Morgan fingerprint density at radius 1 is 0.923 bits per heavy atom. The number of carbonyl (C=O) groups is 1. The van der Waals surface area contributed by atoms with Crippen molar-refractivity contribution < 1.29 is 9.53 Å². The summed E-state index contributed by atoms with van der Waals surface area (Å²) < 4.78 is 5.58. The van der Waals surface area contributed by atoms with Gasteiger partial charge >= 0.3 is 5.97 Å². The molecule has 2 aromatic carbocycles. The number of rotatable bonds is 4. The second-order valence-corrected chi connectivity index (χ2v) is 7.07. The number of carbonyl (C=O) groups excluding carboxylic acids is 1. The molecule has 0 amide bonds. The molecule has 0 unspecified atom stereocenters. The summed E-state index contributed by atoms with van der Waals surface area (Å²) in [6, 6.07) is 17.4. The lowest BCUT2D eigenvalue weighted by Crippen LogP contribution is -2.25. The molecule has 1 aliphatic rings. The molecule has 0 spiro atoms. The van der Waals surface area contributed by atoms with Gasteiger partial charge in [0.1, 0.15) is 5.75 Å². The molecule has 0 radical (unpaired) electrons. The highest BCUT2D eigenvalue weighted by Crippen LogP contribution is 2.32. The van der Waals surface area contributed by atoms with Gasteiger partial charge in [0, 0.05) is 11.1 Å². The lowest BCUT2D eigenvalue weighted by atomic mass is 9.80. The predicted molar refractivity (Wildman–Crippen MR) is 105 cm³/mol. The molecule has 2 aromatic rings. The molecule has 0 bridgehead atoms. The highest BCUT2D eigenvalue weighted by molar-refractivity contribution is 5.75.